The second-order valence-corrected chi connectivity index (χ2v) is 7.85. The molecule has 0 spiro atoms. The molecule has 0 N–H and O–H groups in total. The fourth-order valence-electron chi connectivity index (χ4n) is 3.56. The van der Waals surface area contributed by atoms with E-state index in [1.54, 1.807) is 16.6 Å². The van der Waals surface area contributed by atoms with E-state index in [-0.39, 0.29) is 11.7 Å². The highest BCUT2D eigenvalue weighted by Crippen LogP contribution is 2.29. The number of rotatable bonds is 2. The highest BCUT2D eigenvalue weighted by Gasteiger charge is 2.25. The Balaban J connectivity index is 1.35. The van der Waals surface area contributed by atoms with E-state index in [2.05, 4.69) is 20.0 Å². The van der Waals surface area contributed by atoms with E-state index >= 15 is 0 Å². The number of hydrogen-bond acceptors (Lipinski definition) is 6. The van der Waals surface area contributed by atoms with Gasteiger partial charge in [0, 0.05) is 48.0 Å². The van der Waals surface area contributed by atoms with Crippen LogP contribution in [0.3, 0.4) is 0 Å². The van der Waals surface area contributed by atoms with Crippen molar-refractivity contribution in [3.05, 3.63) is 53.0 Å². The number of piperazine rings is 1. The highest BCUT2D eigenvalue weighted by atomic mass is 32.1. The summed E-state index contributed by atoms with van der Waals surface area (Å²) < 4.78 is 16.5. The number of benzene rings is 1. The fourth-order valence-corrected chi connectivity index (χ4v) is 4.60. The molecule has 28 heavy (non-hydrogen) atoms. The second kappa shape index (κ2) is 6.52. The molecule has 4 heterocycles. The van der Waals surface area contributed by atoms with Crippen LogP contribution < -0.4 is 4.90 Å². The molecule has 0 atom stereocenters. The predicted molar refractivity (Wildman–Crippen MR) is 105 cm³/mol. The number of anilines is 1. The molecular formula is C19H17FN6OS. The van der Waals surface area contributed by atoms with Gasteiger partial charge in [0.1, 0.15) is 18.0 Å². The number of nitrogens with zero attached hydrogens (tertiary/aromatic N) is 6. The first-order valence-electron chi connectivity index (χ1n) is 9.00. The minimum atomic E-state index is -0.289. The van der Waals surface area contributed by atoms with E-state index in [1.165, 1.54) is 23.7 Å². The zero-order chi connectivity index (χ0) is 19.3. The molecule has 1 aliphatic rings. The summed E-state index contributed by atoms with van der Waals surface area (Å²) >= 11 is 1.34. The van der Waals surface area contributed by atoms with Crippen LogP contribution in [0.4, 0.5) is 10.2 Å². The van der Waals surface area contributed by atoms with Gasteiger partial charge in [-0.25, -0.2) is 9.37 Å². The molecule has 0 bridgehead atoms. The van der Waals surface area contributed by atoms with Crippen LogP contribution in [0.2, 0.25) is 0 Å². The number of carbonyl (C=O) groups excluding carboxylic acids is 1. The summed E-state index contributed by atoms with van der Waals surface area (Å²) in [6, 6.07) is 8.57. The standard InChI is InChI=1S/C19H17FN6OS/c1-12-9-17(26-19(23-12)21-11-22-26)24-5-7-25(8-6-24)18(27)16-10-13-14(20)3-2-4-15(13)28-16/h2-4,9-11H,5-8H2,1H3. The number of aryl methyl sites for hydroxylation is 1. The maximum absolute atomic E-state index is 13.9. The van der Waals surface area contributed by atoms with Crippen molar-refractivity contribution in [3.8, 4) is 0 Å². The summed E-state index contributed by atoms with van der Waals surface area (Å²) in [6.45, 7) is 4.48. The van der Waals surface area contributed by atoms with Crippen molar-refractivity contribution >= 4 is 38.9 Å². The van der Waals surface area contributed by atoms with Gasteiger partial charge >= 0.3 is 0 Å². The Hall–Kier alpha value is -3.07. The average molecular weight is 396 g/mol. The summed E-state index contributed by atoms with van der Waals surface area (Å²) in [7, 11) is 0. The van der Waals surface area contributed by atoms with E-state index in [1.807, 2.05) is 24.0 Å². The first-order chi connectivity index (χ1) is 13.6. The van der Waals surface area contributed by atoms with Crippen molar-refractivity contribution in [1.29, 1.82) is 0 Å². The molecule has 0 radical (unpaired) electrons. The number of carbonyl (C=O) groups is 1. The van der Waals surface area contributed by atoms with Crippen molar-refractivity contribution in [1.82, 2.24) is 24.5 Å². The molecule has 1 aromatic carbocycles. The molecule has 1 fully saturated rings. The maximum Gasteiger partial charge on any atom is 0.264 e. The maximum atomic E-state index is 13.9. The SMILES string of the molecule is Cc1cc(N2CCN(C(=O)c3cc4c(F)cccc4s3)CC2)n2ncnc2n1. The Bertz CT molecular complexity index is 1190. The van der Waals surface area contributed by atoms with Crippen LogP contribution in [0.1, 0.15) is 15.4 Å². The minimum Gasteiger partial charge on any atom is -0.353 e. The Kier molecular flexibility index (Phi) is 3.97. The Morgan fingerprint density at radius 1 is 1.18 bits per heavy atom. The molecule has 5 rings (SSSR count). The topological polar surface area (TPSA) is 66.6 Å². The molecule has 1 aliphatic heterocycles. The first kappa shape index (κ1) is 17.1. The zero-order valence-corrected chi connectivity index (χ0v) is 16.0. The summed E-state index contributed by atoms with van der Waals surface area (Å²) in [5.41, 5.74) is 0.876. The van der Waals surface area contributed by atoms with Crippen LogP contribution in [0.5, 0.6) is 0 Å². The number of aromatic nitrogens is 4. The summed E-state index contributed by atoms with van der Waals surface area (Å²) in [6.07, 6.45) is 1.49. The van der Waals surface area contributed by atoms with Gasteiger partial charge in [0.25, 0.3) is 11.7 Å². The fraction of sp³-hybridized carbons (Fsp3) is 0.263. The quantitative estimate of drug-likeness (QED) is 0.521. The van der Waals surface area contributed by atoms with E-state index in [0.717, 1.165) is 16.2 Å². The molecule has 1 saturated heterocycles. The molecule has 142 valence electrons. The molecule has 9 heteroatoms. The smallest absolute Gasteiger partial charge is 0.264 e. The summed E-state index contributed by atoms with van der Waals surface area (Å²) in [5, 5.41) is 4.77. The van der Waals surface area contributed by atoms with E-state index in [4.69, 9.17) is 0 Å². The number of halogens is 1. The summed E-state index contributed by atoms with van der Waals surface area (Å²) in [5.74, 6) is 1.16. The number of hydrogen-bond donors (Lipinski definition) is 0. The van der Waals surface area contributed by atoms with Crippen LogP contribution in [0.25, 0.3) is 15.9 Å². The van der Waals surface area contributed by atoms with Crippen LogP contribution in [0.15, 0.2) is 36.7 Å². The highest BCUT2D eigenvalue weighted by molar-refractivity contribution is 7.20. The van der Waals surface area contributed by atoms with Crippen molar-refractivity contribution in [2.45, 2.75) is 6.92 Å². The second-order valence-electron chi connectivity index (χ2n) is 6.77. The third-order valence-electron chi connectivity index (χ3n) is 4.97. The minimum absolute atomic E-state index is 0.0444. The molecule has 7 nitrogen and oxygen atoms in total. The van der Waals surface area contributed by atoms with Gasteiger partial charge in [-0.3, -0.25) is 4.79 Å². The third kappa shape index (κ3) is 2.78. The molecule has 3 aromatic heterocycles. The Morgan fingerprint density at radius 2 is 2.00 bits per heavy atom. The average Bonchev–Trinajstić information content (AvgIpc) is 3.34. The molecule has 1 amide bonds. The van der Waals surface area contributed by atoms with Crippen LogP contribution >= 0.6 is 11.3 Å². The lowest BCUT2D eigenvalue weighted by Crippen LogP contribution is -2.49. The van der Waals surface area contributed by atoms with Gasteiger partial charge in [0.2, 0.25) is 0 Å². The predicted octanol–water partition coefficient (Wildman–Crippen LogP) is 2.75. The monoisotopic (exact) mass is 396 g/mol. The molecule has 0 unspecified atom stereocenters. The van der Waals surface area contributed by atoms with Crippen molar-refractivity contribution < 1.29 is 9.18 Å². The molecule has 0 aliphatic carbocycles. The normalized spacial score (nSPS) is 14.9. The van der Waals surface area contributed by atoms with Crippen LogP contribution in [-0.4, -0.2) is 56.6 Å². The van der Waals surface area contributed by atoms with Gasteiger partial charge in [-0.1, -0.05) is 6.07 Å². The van der Waals surface area contributed by atoms with E-state index in [0.29, 0.717) is 42.2 Å². The van der Waals surface area contributed by atoms with Gasteiger partial charge in [-0.2, -0.15) is 14.6 Å². The number of fused-ring (bicyclic) bond motifs is 2. The van der Waals surface area contributed by atoms with Crippen LogP contribution in [0, 0.1) is 12.7 Å². The number of thiophene rings is 1. The zero-order valence-electron chi connectivity index (χ0n) is 15.2. The Morgan fingerprint density at radius 3 is 2.79 bits per heavy atom. The summed E-state index contributed by atoms with van der Waals surface area (Å²) in [4.78, 5) is 26.0. The first-order valence-corrected chi connectivity index (χ1v) is 9.81. The van der Waals surface area contributed by atoms with E-state index < -0.39 is 0 Å². The molecule has 4 aromatic rings. The van der Waals surface area contributed by atoms with E-state index in [9.17, 15) is 9.18 Å². The van der Waals surface area contributed by atoms with Gasteiger partial charge in [0.05, 0.1) is 4.88 Å². The molecular weight excluding hydrogens is 379 g/mol. The third-order valence-corrected chi connectivity index (χ3v) is 6.06. The van der Waals surface area contributed by atoms with Crippen LogP contribution in [-0.2, 0) is 0 Å². The van der Waals surface area contributed by atoms with Gasteiger partial charge in [-0.05, 0) is 25.1 Å². The lowest BCUT2D eigenvalue weighted by molar-refractivity contribution is 0.0751. The van der Waals surface area contributed by atoms with Gasteiger partial charge in [-0.15, -0.1) is 11.3 Å². The Labute approximate surface area is 164 Å². The largest absolute Gasteiger partial charge is 0.353 e. The number of amides is 1. The lowest BCUT2D eigenvalue weighted by atomic mass is 10.2. The molecule has 0 saturated carbocycles. The van der Waals surface area contributed by atoms with Gasteiger partial charge in [0.15, 0.2) is 0 Å². The van der Waals surface area contributed by atoms with Crippen molar-refractivity contribution in [3.63, 3.8) is 0 Å². The van der Waals surface area contributed by atoms with Gasteiger partial charge < -0.3 is 9.80 Å². The lowest BCUT2D eigenvalue weighted by Gasteiger charge is -2.35. The van der Waals surface area contributed by atoms with Crippen molar-refractivity contribution in [2.24, 2.45) is 0 Å². The van der Waals surface area contributed by atoms with Crippen molar-refractivity contribution in [2.75, 3.05) is 31.1 Å².